The van der Waals surface area contributed by atoms with Crippen LogP contribution >= 0.6 is 0 Å². The van der Waals surface area contributed by atoms with E-state index in [4.69, 9.17) is 9.26 Å². The Morgan fingerprint density at radius 1 is 1.11 bits per heavy atom. The number of hydrogen-bond acceptors (Lipinski definition) is 6. The molecule has 7 nitrogen and oxygen atoms in total. The number of nitrogens with zero attached hydrogens (tertiary/aromatic N) is 4. The highest BCUT2D eigenvalue weighted by Crippen LogP contribution is 2.31. The molecule has 0 atom stereocenters. The van der Waals surface area contributed by atoms with E-state index in [0.29, 0.717) is 45.0 Å². The summed E-state index contributed by atoms with van der Waals surface area (Å²) in [6.07, 6.45) is -3.75. The second-order valence-corrected chi connectivity index (χ2v) is 8.22. The molecule has 0 bridgehead atoms. The molecule has 2 heterocycles. The topological polar surface area (TPSA) is 71.7 Å². The standard InChI is InChI=1S/C24H24F4N4O3/c1-34-20-7-5-16(13-19(20)25)6-8-22(33)32-11-9-31(10-12-32)15-21-29-23(30-35-21)17-3-2-4-18(14-17)24(26,27)28/h2-5,7,13-14H,6,8-12,15H2,1H3. The number of amides is 1. The van der Waals surface area contributed by atoms with Crippen LogP contribution in [0.3, 0.4) is 0 Å². The molecule has 1 fully saturated rings. The van der Waals surface area contributed by atoms with Crippen LogP contribution in [-0.2, 0) is 23.9 Å². The van der Waals surface area contributed by atoms with Crippen LogP contribution in [0, 0.1) is 5.82 Å². The average molecular weight is 492 g/mol. The van der Waals surface area contributed by atoms with Gasteiger partial charge in [0.05, 0.1) is 19.2 Å². The van der Waals surface area contributed by atoms with Crippen molar-refractivity contribution in [2.45, 2.75) is 25.6 Å². The fraction of sp³-hybridized carbons (Fsp3) is 0.375. The van der Waals surface area contributed by atoms with Crippen molar-refractivity contribution in [3.63, 3.8) is 0 Å². The van der Waals surface area contributed by atoms with Crippen molar-refractivity contribution in [2.75, 3.05) is 33.3 Å². The molecular formula is C24H24F4N4O3. The molecule has 2 aromatic carbocycles. The molecule has 4 rings (SSSR count). The van der Waals surface area contributed by atoms with Gasteiger partial charge in [0, 0.05) is 38.2 Å². The number of benzene rings is 2. The SMILES string of the molecule is COc1ccc(CCC(=O)N2CCN(Cc3nc(-c4cccc(C(F)(F)F)c4)no3)CC2)cc1F. The molecule has 1 amide bonds. The van der Waals surface area contributed by atoms with Crippen LogP contribution < -0.4 is 4.74 Å². The first-order valence-electron chi connectivity index (χ1n) is 11.1. The fourth-order valence-corrected chi connectivity index (χ4v) is 3.89. The van der Waals surface area contributed by atoms with Gasteiger partial charge in [-0.1, -0.05) is 23.4 Å². The van der Waals surface area contributed by atoms with E-state index in [2.05, 4.69) is 10.1 Å². The summed E-state index contributed by atoms with van der Waals surface area (Å²) in [6, 6.07) is 9.43. The Balaban J connectivity index is 1.26. The Kier molecular flexibility index (Phi) is 7.34. The van der Waals surface area contributed by atoms with Gasteiger partial charge in [0.2, 0.25) is 17.6 Å². The Morgan fingerprint density at radius 3 is 2.57 bits per heavy atom. The monoisotopic (exact) mass is 492 g/mol. The van der Waals surface area contributed by atoms with Gasteiger partial charge in [-0.2, -0.15) is 18.2 Å². The smallest absolute Gasteiger partial charge is 0.416 e. The van der Waals surface area contributed by atoms with E-state index >= 15 is 0 Å². The highest BCUT2D eigenvalue weighted by atomic mass is 19.4. The molecule has 0 radical (unpaired) electrons. The molecule has 1 aromatic heterocycles. The number of hydrogen-bond donors (Lipinski definition) is 0. The lowest BCUT2D eigenvalue weighted by Gasteiger charge is -2.34. The molecule has 35 heavy (non-hydrogen) atoms. The number of halogens is 4. The third kappa shape index (κ3) is 6.16. The minimum atomic E-state index is -4.45. The summed E-state index contributed by atoms with van der Waals surface area (Å²) < 4.78 is 62.8. The zero-order valence-electron chi connectivity index (χ0n) is 19.0. The second-order valence-electron chi connectivity index (χ2n) is 8.22. The van der Waals surface area contributed by atoms with Crippen molar-refractivity contribution in [2.24, 2.45) is 0 Å². The summed E-state index contributed by atoms with van der Waals surface area (Å²) in [4.78, 5) is 20.6. The number of ether oxygens (including phenoxy) is 1. The molecule has 1 aliphatic rings. The van der Waals surface area contributed by atoms with Gasteiger partial charge in [-0.25, -0.2) is 4.39 Å². The van der Waals surface area contributed by atoms with Crippen molar-refractivity contribution in [1.82, 2.24) is 19.9 Å². The highest BCUT2D eigenvalue weighted by molar-refractivity contribution is 5.76. The summed E-state index contributed by atoms with van der Waals surface area (Å²) >= 11 is 0. The van der Waals surface area contributed by atoms with Crippen LogP contribution in [0.4, 0.5) is 17.6 Å². The molecule has 0 saturated carbocycles. The summed E-state index contributed by atoms with van der Waals surface area (Å²) in [5.74, 6) is 0.0850. The fourth-order valence-electron chi connectivity index (χ4n) is 3.89. The highest BCUT2D eigenvalue weighted by Gasteiger charge is 2.31. The van der Waals surface area contributed by atoms with Crippen molar-refractivity contribution in [3.8, 4) is 17.1 Å². The zero-order chi connectivity index (χ0) is 25.0. The molecule has 0 N–H and O–H groups in total. The van der Waals surface area contributed by atoms with E-state index in [1.54, 1.807) is 17.0 Å². The predicted octanol–water partition coefficient (Wildman–Crippen LogP) is 4.18. The molecule has 0 spiro atoms. The maximum Gasteiger partial charge on any atom is 0.416 e. The molecule has 11 heteroatoms. The third-order valence-corrected chi connectivity index (χ3v) is 5.84. The minimum absolute atomic E-state index is 0.00880. The molecular weight excluding hydrogens is 468 g/mol. The predicted molar refractivity (Wildman–Crippen MR) is 118 cm³/mol. The first-order chi connectivity index (χ1) is 16.7. The Bertz CT molecular complexity index is 1170. The van der Waals surface area contributed by atoms with Gasteiger partial charge in [0.15, 0.2) is 11.6 Å². The molecule has 0 unspecified atom stereocenters. The van der Waals surface area contributed by atoms with Gasteiger partial charge >= 0.3 is 6.18 Å². The summed E-state index contributed by atoms with van der Waals surface area (Å²) in [6.45, 7) is 2.54. The first kappa shape index (κ1) is 24.6. The lowest BCUT2D eigenvalue weighted by Crippen LogP contribution is -2.48. The van der Waals surface area contributed by atoms with Crippen molar-refractivity contribution >= 4 is 5.91 Å². The van der Waals surface area contributed by atoms with Crippen molar-refractivity contribution < 1.29 is 31.6 Å². The van der Waals surface area contributed by atoms with E-state index in [1.807, 2.05) is 4.90 Å². The summed E-state index contributed by atoms with van der Waals surface area (Å²) in [7, 11) is 1.40. The number of carbonyl (C=O) groups excluding carboxylic acids is 1. The third-order valence-electron chi connectivity index (χ3n) is 5.84. The van der Waals surface area contributed by atoms with Gasteiger partial charge in [-0.05, 0) is 36.2 Å². The quantitative estimate of drug-likeness (QED) is 0.461. The van der Waals surface area contributed by atoms with Gasteiger partial charge < -0.3 is 14.2 Å². The summed E-state index contributed by atoms with van der Waals surface area (Å²) in [5, 5.41) is 3.81. The molecule has 0 aliphatic carbocycles. The number of alkyl halides is 3. The maximum atomic E-state index is 13.8. The van der Waals surface area contributed by atoms with Gasteiger partial charge in [-0.3, -0.25) is 9.69 Å². The number of aryl methyl sites for hydroxylation is 1. The van der Waals surface area contributed by atoms with Crippen molar-refractivity contribution in [1.29, 1.82) is 0 Å². The van der Waals surface area contributed by atoms with E-state index in [0.717, 1.165) is 17.7 Å². The molecule has 1 saturated heterocycles. The maximum absolute atomic E-state index is 13.8. The van der Waals surface area contributed by atoms with Crippen LogP contribution in [0.1, 0.15) is 23.4 Å². The number of piperazine rings is 1. The van der Waals surface area contributed by atoms with Crippen molar-refractivity contribution in [3.05, 3.63) is 65.3 Å². The van der Waals surface area contributed by atoms with E-state index in [1.165, 1.54) is 25.3 Å². The zero-order valence-corrected chi connectivity index (χ0v) is 19.0. The number of rotatable bonds is 7. The van der Waals surface area contributed by atoms with Gasteiger partial charge in [0.25, 0.3) is 0 Å². The van der Waals surface area contributed by atoms with Crippen LogP contribution in [-0.4, -0.2) is 59.1 Å². The lowest BCUT2D eigenvalue weighted by molar-refractivity contribution is -0.137. The Labute approximate surface area is 199 Å². The summed E-state index contributed by atoms with van der Waals surface area (Å²) in [5.41, 5.74) is 0.171. The largest absolute Gasteiger partial charge is 0.494 e. The van der Waals surface area contributed by atoms with Crippen LogP contribution in [0.5, 0.6) is 5.75 Å². The molecule has 1 aliphatic heterocycles. The van der Waals surface area contributed by atoms with Gasteiger partial charge in [-0.15, -0.1) is 0 Å². The first-order valence-corrected chi connectivity index (χ1v) is 11.1. The second kappa shape index (κ2) is 10.4. The minimum Gasteiger partial charge on any atom is -0.494 e. The van der Waals surface area contributed by atoms with E-state index < -0.39 is 17.6 Å². The Hall–Kier alpha value is -3.47. The molecule has 186 valence electrons. The average Bonchev–Trinajstić information content (AvgIpc) is 3.31. The number of methoxy groups -OCH3 is 1. The van der Waals surface area contributed by atoms with E-state index in [-0.39, 0.29) is 29.5 Å². The van der Waals surface area contributed by atoms with Crippen LogP contribution in [0.15, 0.2) is 47.0 Å². The van der Waals surface area contributed by atoms with Crippen LogP contribution in [0.25, 0.3) is 11.4 Å². The Morgan fingerprint density at radius 2 is 1.89 bits per heavy atom. The van der Waals surface area contributed by atoms with E-state index in [9.17, 15) is 22.4 Å². The number of carbonyl (C=O) groups is 1. The van der Waals surface area contributed by atoms with Gasteiger partial charge in [0.1, 0.15) is 0 Å². The van der Waals surface area contributed by atoms with Crippen LogP contribution in [0.2, 0.25) is 0 Å². The molecule has 3 aromatic rings. The normalized spacial score (nSPS) is 14.8. The number of aromatic nitrogens is 2. The lowest BCUT2D eigenvalue weighted by atomic mass is 10.1.